The van der Waals surface area contributed by atoms with E-state index in [1.165, 1.54) is 23.1 Å². The van der Waals surface area contributed by atoms with E-state index < -0.39 is 39.4 Å². The van der Waals surface area contributed by atoms with Gasteiger partial charge in [0.25, 0.3) is 0 Å². The normalized spacial score (nSPS) is 12.2. The zero-order chi connectivity index (χ0) is 26.9. The van der Waals surface area contributed by atoms with Crippen LogP contribution in [0, 0.1) is 17.5 Å². The van der Waals surface area contributed by atoms with Gasteiger partial charge >= 0.3 is 0 Å². The largest absolute Gasteiger partial charge is 0.354 e. The van der Waals surface area contributed by atoms with Gasteiger partial charge in [0.15, 0.2) is 11.6 Å². The minimum Gasteiger partial charge on any atom is -0.354 e. The lowest BCUT2D eigenvalue weighted by molar-refractivity contribution is -0.140. The van der Waals surface area contributed by atoms with Gasteiger partial charge in [-0.25, -0.2) is 21.6 Å². The summed E-state index contributed by atoms with van der Waals surface area (Å²) >= 11 is 0. The summed E-state index contributed by atoms with van der Waals surface area (Å²) in [6.07, 6.45) is 2.44. The summed E-state index contributed by atoms with van der Waals surface area (Å²) in [7, 11) is -3.86. The number of carbonyl (C=O) groups is 2. The molecular weight excluding hydrogens is 495 g/mol. The molecule has 2 amide bonds. The Bertz CT molecular complexity index is 1160. The molecule has 11 heteroatoms. The van der Waals surface area contributed by atoms with E-state index in [0.29, 0.717) is 6.54 Å². The number of amides is 2. The highest BCUT2D eigenvalue weighted by Crippen LogP contribution is 2.22. The van der Waals surface area contributed by atoms with E-state index in [1.807, 2.05) is 6.92 Å². The smallest absolute Gasteiger partial charge is 0.242 e. The fraction of sp³-hybridized carbons (Fsp3) is 0.440. The van der Waals surface area contributed by atoms with Gasteiger partial charge in [-0.1, -0.05) is 31.5 Å². The van der Waals surface area contributed by atoms with Crippen LogP contribution in [-0.4, -0.2) is 50.5 Å². The molecule has 2 aromatic rings. The van der Waals surface area contributed by atoms with Crippen LogP contribution < -0.4 is 9.62 Å². The lowest BCUT2D eigenvalue weighted by Gasteiger charge is -2.29. The van der Waals surface area contributed by atoms with Gasteiger partial charge in [-0.05, 0) is 38.0 Å². The Balaban J connectivity index is 2.17. The first-order chi connectivity index (χ1) is 17.0. The minimum atomic E-state index is -3.86. The van der Waals surface area contributed by atoms with Crippen molar-refractivity contribution in [3.63, 3.8) is 0 Å². The Kier molecular flexibility index (Phi) is 10.8. The molecule has 0 fully saturated rings. The standard InChI is InChI=1S/C25H32F3N3O4S/c1-4-5-14-29-25(33)18(2)30(17-19-9-6-7-10-21(19)26)24(32)11-8-15-31(36(3,34)35)20-12-13-22(27)23(28)16-20/h6-7,9-10,12-13,16,18H,4-5,8,11,14-15,17H2,1-3H3,(H,29,33). The quantitative estimate of drug-likeness (QED) is 0.399. The summed E-state index contributed by atoms with van der Waals surface area (Å²) < 4.78 is 66.7. The average Bonchev–Trinajstić information content (AvgIpc) is 2.82. The van der Waals surface area contributed by atoms with Crippen molar-refractivity contribution in [1.82, 2.24) is 10.2 Å². The van der Waals surface area contributed by atoms with Crippen LogP contribution >= 0.6 is 0 Å². The Hall–Kier alpha value is -3.08. The minimum absolute atomic E-state index is 0.0306. The Morgan fingerprint density at radius 1 is 1.00 bits per heavy atom. The van der Waals surface area contributed by atoms with E-state index in [9.17, 15) is 31.2 Å². The Labute approximate surface area is 210 Å². The van der Waals surface area contributed by atoms with Crippen LogP contribution in [0.25, 0.3) is 0 Å². The molecule has 2 aromatic carbocycles. The van der Waals surface area contributed by atoms with Crippen molar-refractivity contribution in [3.05, 3.63) is 65.5 Å². The van der Waals surface area contributed by atoms with E-state index in [1.54, 1.807) is 13.0 Å². The van der Waals surface area contributed by atoms with Crippen LogP contribution in [0.5, 0.6) is 0 Å². The molecule has 1 unspecified atom stereocenters. The number of unbranched alkanes of at least 4 members (excludes halogenated alkanes) is 1. The molecule has 0 spiro atoms. The van der Waals surface area contributed by atoms with Gasteiger partial charge in [0.05, 0.1) is 11.9 Å². The molecule has 7 nitrogen and oxygen atoms in total. The molecule has 0 radical (unpaired) electrons. The van der Waals surface area contributed by atoms with E-state index in [4.69, 9.17) is 0 Å². The molecule has 0 aliphatic rings. The van der Waals surface area contributed by atoms with Crippen LogP contribution in [0.15, 0.2) is 42.5 Å². The van der Waals surface area contributed by atoms with Crippen LogP contribution in [0.3, 0.4) is 0 Å². The molecule has 0 aliphatic heterocycles. The number of anilines is 1. The summed E-state index contributed by atoms with van der Waals surface area (Å²) in [5, 5.41) is 2.76. The Morgan fingerprint density at radius 2 is 1.69 bits per heavy atom. The molecule has 0 aliphatic carbocycles. The number of hydrogen-bond acceptors (Lipinski definition) is 4. The third kappa shape index (κ3) is 8.25. The highest BCUT2D eigenvalue weighted by atomic mass is 32.2. The zero-order valence-corrected chi connectivity index (χ0v) is 21.5. The maximum Gasteiger partial charge on any atom is 0.242 e. The second-order valence-electron chi connectivity index (χ2n) is 8.47. The lowest BCUT2D eigenvalue weighted by Crippen LogP contribution is -2.48. The van der Waals surface area contributed by atoms with E-state index in [-0.39, 0.29) is 43.1 Å². The van der Waals surface area contributed by atoms with Gasteiger partial charge in [0.2, 0.25) is 21.8 Å². The first-order valence-corrected chi connectivity index (χ1v) is 13.5. The molecule has 0 aromatic heterocycles. The van der Waals surface area contributed by atoms with Crippen molar-refractivity contribution >= 4 is 27.5 Å². The molecule has 0 heterocycles. The number of benzene rings is 2. The molecule has 0 saturated carbocycles. The van der Waals surface area contributed by atoms with Crippen molar-refractivity contribution in [2.75, 3.05) is 23.7 Å². The van der Waals surface area contributed by atoms with Crippen LogP contribution in [-0.2, 0) is 26.2 Å². The first-order valence-electron chi connectivity index (χ1n) is 11.7. The molecular formula is C25H32F3N3O4S. The monoisotopic (exact) mass is 527 g/mol. The molecule has 0 saturated heterocycles. The lowest BCUT2D eigenvalue weighted by atomic mass is 10.1. The third-order valence-corrected chi connectivity index (χ3v) is 6.83. The van der Waals surface area contributed by atoms with Crippen LogP contribution in [0.4, 0.5) is 18.9 Å². The van der Waals surface area contributed by atoms with Gasteiger partial charge < -0.3 is 10.2 Å². The molecule has 1 N–H and O–H groups in total. The molecule has 2 rings (SSSR count). The van der Waals surface area contributed by atoms with Gasteiger partial charge in [0, 0.05) is 37.7 Å². The Morgan fingerprint density at radius 3 is 2.31 bits per heavy atom. The number of nitrogens with one attached hydrogen (secondary N) is 1. The SMILES string of the molecule is CCCCNC(=O)C(C)N(Cc1ccccc1F)C(=O)CCCN(c1ccc(F)c(F)c1)S(C)(=O)=O. The fourth-order valence-electron chi connectivity index (χ4n) is 3.57. The van der Waals surface area contributed by atoms with Gasteiger partial charge in [-0.2, -0.15) is 0 Å². The zero-order valence-electron chi connectivity index (χ0n) is 20.6. The summed E-state index contributed by atoms with van der Waals surface area (Å²) in [6, 6.07) is 7.75. The van der Waals surface area contributed by atoms with Crippen LogP contribution in [0.2, 0.25) is 0 Å². The maximum absolute atomic E-state index is 14.3. The highest BCUT2D eigenvalue weighted by molar-refractivity contribution is 7.92. The first kappa shape index (κ1) is 29.2. The van der Waals surface area contributed by atoms with E-state index in [2.05, 4.69) is 5.32 Å². The number of halogens is 3. The molecule has 36 heavy (non-hydrogen) atoms. The predicted octanol–water partition coefficient (Wildman–Crippen LogP) is 3.98. The number of carbonyl (C=O) groups excluding carboxylic acids is 2. The second-order valence-corrected chi connectivity index (χ2v) is 10.4. The fourth-order valence-corrected chi connectivity index (χ4v) is 4.53. The topological polar surface area (TPSA) is 86.8 Å². The van der Waals surface area contributed by atoms with Gasteiger partial charge in [-0.3, -0.25) is 13.9 Å². The van der Waals surface area contributed by atoms with Crippen molar-refractivity contribution in [1.29, 1.82) is 0 Å². The average molecular weight is 528 g/mol. The number of hydrogen-bond donors (Lipinski definition) is 1. The van der Waals surface area contributed by atoms with E-state index in [0.717, 1.165) is 41.6 Å². The van der Waals surface area contributed by atoms with Crippen molar-refractivity contribution < 1.29 is 31.2 Å². The maximum atomic E-state index is 14.3. The third-order valence-electron chi connectivity index (χ3n) is 5.64. The van der Waals surface area contributed by atoms with Gasteiger partial charge in [0.1, 0.15) is 11.9 Å². The van der Waals surface area contributed by atoms with Crippen molar-refractivity contribution in [2.24, 2.45) is 0 Å². The second kappa shape index (κ2) is 13.3. The number of sulfonamides is 1. The van der Waals surface area contributed by atoms with E-state index >= 15 is 0 Å². The van der Waals surface area contributed by atoms with Gasteiger partial charge in [-0.15, -0.1) is 0 Å². The summed E-state index contributed by atoms with van der Waals surface area (Å²) in [4.78, 5) is 27.0. The molecule has 198 valence electrons. The number of rotatable bonds is 13. The van der Waals surface area contributed by atoms with Crippen molar-refractivity contribution in [3.8, 4) is 0 Å². The number of nitrogens with zero attached hydrogens (tertiary/aromatic N) is 2. The summed E-state index contributed by atoms with van der Waals surface area (Å²) in [5.41, 5.74) is 0.161. The predicted molar refractivity (Wildman–Crippen MR) is 132 cm³/mol. The summed E-state index contributed by atoms with van der Waals surface area (Å²) in [5.74, 6) is -3.69. The van der Waals surface area contributed by atoms with Crippen molar-refractivity contribution in [2.45, 2.75) is 52.1 Å². The molecule has 1 atom stereocenters. The summed E-state index contributed by atoms with van der Waals surface area (Å²) in [6.45, 7) is 3.64. The highest BCUT2D eigenvalue weighted by Gasteiger charge is 2.27. The van der Waals surface area contributed by atoms with Crippen LogP contribution in [0.1, 0.15) is 45.1 Å². The molecule has 0 bridgehead atoms.